The van der Waals surface area contributed by atoms with Crippen molar-refractivity contribution in [3.8, 4) is 0 Å². The van der Waals surface area contributed by atoms with Crippen molar-refractivity contribution in [1.29, 1.82) is 0 Å². The van der Waals surface area contributed by atoms with Crippen LogP contribution in [0, 0.1) is 0 Å². The maximum atomic E-state index is 9.36. The fourth-order valence-electron chi connectivity index (χ4n) is 2.15. The third-order valence-electron chi connectivity index (χ3n) is 3.55. The molecule has 0 aliphatic carbocycles. The lowest BCUT2D eigenvalue weighted by Crippen LogP contribution is -2.22. The molecule has 1 aromatic rings. The van der Waals surface area contributed by atoms with Gasteiger partial charge in [0.15, 0.2) is 0 Å². The molecule has 0 saturated carbocycles. The molecular weight excluding hydrogens is 236 g/mol. The van der Waals surface area contributed by atoms with Gasteiger partial charge in [-0.15, -0.1) is 0 Å². The average molecular weight is 255 g/mol. The summed E-state index contributed by atoms with van der Waals surface area (Å²) >= 11 is 6.34. The molecule has 2 nitrogen and oxygen atoms in total. The van der Waals surface area contributed by atoms with Crippen LogP contribution in [0.1, 0.15) is 37.3 Å². The molecule has 1 fully saturated rings. The summed E-state index contributed by atoms with van der Waals surface area (Å²) < 4.78 is 5.39. The molecule has 1 unspecified atom stereocenters. The number of hydrogen-bond acceptors (Lipinski definition) is 2. The standard InChI is InChI=1S/C14H19ClO2/c1-14(2,9-16)11-3-4-12(13(15)7-11)10-5-6-17-8-10/h3-4,7,10,16H,5-6,8-9H2,1-2H3. The van der Waals surface area contributed by atoms with E-state index in [1.165, 1.54) is 5.56 Å². The van der Waals surface area contributed by atoms with E-state index in [0.29, 0.717) is 5.92 Å². The number of benzene rings is 1. The lowest BCUT2D eigenvalue weighted by Gasteiger charge is -2.23. The maximum Gasteiger partial charge on any atom is 0.0536 e. The molecule has 0 aromatic heterocycles. The van der Waals surface area contributed by atoms with E-state index in [2.05, 4.69) is 12.1 Å². The van der Waals surface area contributed by atoms with E-state index < -0.39 is 0 Å². The van der Waals surface area contributed by atoms with Gasteiger partial charge in [0.25, 0.3) is 0 Å². The molecule has 3 heteroatoms. The second kappa shape index (κ2) is 4.97. The quantitative estimate of drug-likeness (QED) is 0.898. The number of halogens is 1. The molecule has 1 aliphatic heterocycles. The molecular formula is C14H19ClO2. The van der Waals surface area contributed by atoms with Crippen molar-refractivity contribution < 1.29 is 9.84 Å². The first-order chi connectivity index (χ1) is 8.04. The summed E-state index contributed by atoms with van der Waals surface area (Å²) in [6.45, 7) is 5.73. The van der Waals surface area contributed by atoms with Crippen molar-refractivity contribution in [3.05, 3.63) is 34.3 Å². The highest BCUT2D eigenvalue weighted by atomic mass is 35.5. The predicted octanol–water partition coefficient (Wildman–Crippen LogP) is 3.11. The van der Waals surface area contributed by atoms with Gasteiger partial charge in [-0.25, -0.2) is 0 Å². The van der Waals surface area contributed by atoms with Crippen LogP contribution in [0.25, 0.3) is 0 Å². The molecule has 0 radical (unpaired) electrons. The Bertz CT molecular complexity index is 395. The van der Waals surface area contributed by atoms with Crippen LogP contribution in [0.4, 0.5) is 0 Å². The highest BCUT2D eigenvalue weighted by Gasteiger charge is 2.24. The Balaban J connectivity index is 2.28. The first-order valence-corrected chi connectivity index (χ1v) is 6.41. The average Bonchev–Trinajstić information content (AvgIpc) is 2.82. The monoisotopic (exact) mass is 254 g/mol. The van der Waals surface area contributed by atoms with Gasteiger partial charge in [0.1, 0.15) is 0 Å². The van der Waals surface area contributed by atoms with Gasteiger partial charge in [-0.3, -0.25) is 0 Å². The van der Waals surface area contributed by atoms with E-state index in [4.69, 9.17) is 16.3 Å². The van der Waals surface area contributed by atoms with Crippen molar-refractivity contribution in [2.24, 2.45) is 0 Å². The minimum Gasteiger partial charge on any atom is -0.395 e. The zero-order valence-electron chi connectivity index (χ0n) is 10.4. The molecule has 2 rings (SSSR count). The highest BCUT2D eigenvalue weighted by Crippen LogP contribution is 2.34. The summed E-state index contributed by atoms with van der Waals surface area (Å²) in [5.41, 5.74) is 2.00. The van der Waals surface area contributed by atoms with Crippen molar-refractivity contribution in [2.75, 3.05) is 19.8 Å². The van der Waals surface area contributed by atoms with Crippen LogP contribution < -0.4 is 0 Å². The lowest BCUT2D eigenvalue weighted by molar-refractivity contribution is 0.194. The lowest BCUT2D eigenvalue weighted by atomic mass is 9.84. The highest BCUT2D eigenvalue weighted by molar-refractivity contribution is 6.31. The SMILES string of the molecule is CC(C)(CO)c1ccc(C2CCOC2)c(Cl)c1. The third-order valence-corrected chi connectivity index (χ3v) is 3.87. The molecule has 1 saturated heterocycles. The summed E-state index contributed by atoms with van der Waals surface area (Å²) in [7, 11) is 0. The van der Waals surface area contributed by atoms with E-state index in [-0.39, 0.29) is 12.0 Å². The van der Waals surface area contributed by atoms with E-state index in [1.54, 1.807) is 0 Å². The van der Waals surface area contributed by atoms with Crippen LogP contribution in [0.5, 0.6) is 0 Å². The number of aliphatic hydroxyl groups is 1. The van der Waals surface area contributed by atoms with Crippen LogP contribution in [-0.2, 0) is 10.2 Å². The van der Waals surface area contributed by atoms with Gasteiger partial charge in [-0.05, 0) is 23.6 Å². The van der Waals surface area contributed by atoms with E-state index >= 15 is 0 Å². The van der Waals surface area contributed by atoms with Crippen LogP contribution in [0.3, 0.4) is 0 Å². The summed E-state index contributed by atoms with van der Waals surface area (Å²) in [4.78, 5) is 0. The molecule has 1 aromatic carbocycles. The summed E-state index contributed by atoms with van der Waals surface area (Å²) in [6, 6.07) is 6.12. The Labute approximate surface area is 108 Å². The van der Waals surface area contributed by atoms with E-state index in [9.17, 15) is 5.11 Å². The molecule has 94 valence electrons. The zero-order chi connectivity index (χ0) is 12.5. The zero-order valence-corrected chi connectivity index (χ0v) is 11.1. The molecule has 1 aliphatic rings. The first kappa shape index (κ1) is 12.9. The fraction of sp³-hybridized carbons (Fsp3) is 0.571. The molecule has 1 N–H and O–H groups in total. The van der Waals surface area contributed by atoms with Gasteiger partial charge >= 0.3 is 0 Å². The smallest absolute Gasteiger partial charge is 0.0536 e. The van der Waals surface area contributed by atoms with Crippen LogP contribution >= 0.6 is 11.6 Å². The van der Waals surface area contributed by atoms with Crippen molar-refractivity contribution in [3.63, 3.8) is 0 Å². The Hall–Kier alpha value is -0.570. The minimum atomic E-state index is -0.242. The van der Waals surface area contributed by atoms with Crippen molar-refractivity contribution in [1.82, 2.24) is 0 Å². The third kappa shape index (κ3) is 2.65. The summed E-state index contributed by atoms with van der Waals surface area (Å²) in [5, 5.41) is 10.1. The molecule has 0 bridgehead atoms. The van der Waals surface area contributed by atoms with Gasteiger partial charge < -0.3 is 9.84 Å². The largest absolute Gasteiger partial charge is 0.395 e. The van der Waals surface area contributed by atoms with Crippen molar-refractivity contribution in [2.45, 2.75) is 31.6 Å². The van der Waals surface area contributed by atoms with Gasteiger partial charge in [0.05, 0.1) is 13.2 Å². The van der Waals surface area contributed by atoms with E-state index in [1.807, 2.05) is 19.9 Å². The Kier molecular flexibility index (Phi) is 3.76. The summed E-state index contributed by atoms with van der Waals surface area (Å²) in [6.07, 6.45) is 1.04. The predicted molar refractivity (Wildman–Crippen MR) is 69.7 cm³/mol. The second-order valence-electron chi connectivity index (χ2n) is 5.34. The normalized spacial score (nSPS) is 20.8. The first-order valence-electron chi connectivity index (χ1n) is 6.03. The topological polar surface area (TPSA) is 29.5 Å². The molecule has 1 atom stereocenters. The Morgan fingerprint density at radius 2 is 2.24 bits per heavy atom. The molecule has 17 heavy (non-hydrogen) atoms. The van der Waals surface area contributed by atoms with Crippen LogP contribution in [0.15, 0.2) is 18.2 Å². The van der Waals surface area contributed by atoms with Crippen LogP contribution in [-0.4, -0.2) is 24.9 Å². The van der Waals surface area contributed by atoms with Crippen molar-refractivity contribution >= 4 is 11.6 Å². The van der Waals surface area contributed by atoms with Crippen LogP contribution in [0.2, 0.25) is 5.02 Å². The molecule has 0 amide bonds. The maximum absolute atomic E-state index is 9.36. The Morgan fingerprint density at radius 1 is 1.47 bits per heavy atom. The minimum absolute atomic E-state index is 0.120. The molecule has 1 heterocycles. The van der Waals surface area contributed by atoms with Gasteiger partial charge in [-0.2, -0.15) is 0 Å². The number of rotatable bonds is 3. The number of ether oxygens (including phenoxy) is 1. The van der Waals surface area contributed by atoms with E-state index in [0.717, 1.165) is 30.2 Å². The molecule has 0 spiro atoms. The second-order valence-corrected chi connectivity index (χ2v) is 5.75. The van der Waals surface area contributed by atoms with Gasteiger partial charge in [0.2, 0.25) is 0 Å². The number of hydrogen-bond donors (Lipinski definition) is 1. The van der Waals surface area contributed by atoms with Gasteiger partial charge in [0, 0.05) is 23.0 Å². The number of aliphatic hydroxyl groups excluding tert-OH is 1. The Morgan fingerprint density at radius 3 is 2.76 bits per heavy atom. The van der Waals surface area contributed by atoms with Gasteiger partial charge in [-0.1, -0.05) is 37.6 Å². The summed E-state index contributed by atoms with van der Waals surface area (Å²) in [5.74, 6) is 0.425. The fourth-order valence-corrected chi connectivity index (χ4v) is 2.49.